The predicted octanol–water partition coefficient (Wildman–Crippen LogP) is 6.62. The molecule has 0 amide bonds. The van der Waals surface area contributed by atoms with Gasteiger partial charge in [-0.15, -0.1) is 0 Å². The molecule has 2 N–H and O–H groups in total. The zero-order valence-electron chi connectivity index (χ0n) is 14.1. The van der Waals surface area contributed by atoms with Gasteiger partial charge in [0.2, 0.25) is 0 Å². The van der Waals surface area contributed by atoms with Gasteiger partial charge in [0.25, 0.3) is 0 Å². The quantitative estimate of drug-likeness (QED) is 0.614. The van der Waals surface area contributed by atoms with Crippen molar-refractivity contribution in [2.75, 3.05) is 0 Å². The average molecular weight is 401 g/mol. The van der Waals surface area contributed by atoms with Crippen LogP contribution in [0.25, 0.3) is 6.08 Å². The van der Waals surface area contributed by atoms with E-state index in [9.17, 15) is 0 Å². The molecular weight excluding hydrogens is 383 g/mol. The second-order valence-electron chi connectivity index (χ2n) is 6.45. The summed E-state index contributed by atoms with van der Waals surface area (Å²) in [7, 11) is 0. The van der Waals surface area contributed by atoms with E-state index in [1.807, 2.05) is 36.4 Å². The Morgan fingerprint density at radius 2 is 1.62 bits per heavy atom. The third-order valence-electron chi connectivity index (χ3n) is 4.66. The van der Waals surface area contributed by atoms with Crippen LogP contribution in [0.3, 0.4) is 0 Å². The Bertz CT molecular complexity index is 912. The van der Waals surface area contributed by atoms with Crippen molar-refractivity contribution in [2.24, 2.45) is 10.7 Å². The third-order valence-corrected chi connectivity index (χ3v) is 6.29. The number of benzene rings is 2. The zero-order chi connectivity index (χ0) is 18.1. The maximum atomic E-state index is 6.18. The molecule has 0 bridgehead atoms. The molecule has 132 valence electrons. The van der Waals surface area contributed by atoms with Crippen LogP contribution in [0.2, 0.25) is 10.0 Å². The molecule has 1 heterocycles. The molecule has 0 fully saturated rings. The highest BCUT2D eigenvalue weighted by molar-refractivity contribution is 8.14. The van der Waals surface area contributed by atoms with Gasteiger partial charge in [-0.1, -0.05) is 59.2 Å². The molecule has 2 aliphatic rings. The number of rotatable bonds is 2. The molecule has 2 nitrogen and oxygen atoms in total. The van der Waals surface area contributed by atoms with E-state index in [1.54, 1.807) is 11.8 Å². The van der Waals surface area contributed by atoms with Crippen molar-refractivity contribution in [3.05, 3.63) is 86.5 Å². The Hall–Kier alpha value is -1.68. The minimum atomic E-state index is 0.202. The topological polar surface area (TPSA) is 38.4 Å². The Morgan fingerprint density at radius 3 is 2.31 bits per heavy atom. The largest absolute Gasteiger partial charge is 0.378 e. The van der Waals surface area contributed by atoms with E-state index >= 15 is 0 Å². The van der Waals surface area contributed by atoms with Crippen molar-refractivity contribution >= 4 is 46.2 Å². The number of thioether (sulfide) groups is 1. The average Bonchev–Trinajstić information content (AvgIpc) is 2.64. The van der Waals surface area contributed by atoms with Gasteiger partial charge in [-0.25, -0.2) is 4.99 Å². The molecule has 0 spiro atoms. The van der Waals surface area contributed by atoms with Crippen LogP contribution < -0.4 is 5.73 Å². The van der Waals surface area contributed by atoms with Crippen molar-refractivity contribution in [2.45, 2.75) is 24.5 Å². The first-order valence-electron chi connectivity index (χ1n) is 8.56. The van der Waals surface area contributed by atoms with Gasteiger partial charge in [0.15, 0.2) is 5.17 Å². The molecule has 2 aromatic carbocycles. The molecule has 26 heavy (non-hydrogen) atoms. The maximum Gasteiger partial charge on any atom is 0.160 e. The van der Waals surface area contributed by atoms with E-state index in [0.29, 0.717) is 5.17 Å². The van der Waals surface area contributed by atoms with E-state index in [-0.39, 0.29) is 5.25 Å². The van der Waals surface area contributed by atoms with Gasteiger partial charge >= 0.3 is 0 Å². The SMILES string of the molecule is NC1=NC2=C(CCC/C2=C/c2ccc(Cl)cc2)C(c2ccc(Cl)cc2)S1. The molecular formula is C21H18Cl2N2S. The lowest BCUT2D eigenvalue weighted by Crippen LogP contribution is -2.19. The second-order valence-corrected chi connectivity index (χ2v) is 8.45. The molecule has 0 aromatic heterocycles. The first kappa shape index (κ1) is 17.7. The number of amidine groups is 1. The summed E-state index contributed by atoms with van der Waals surface area (Å²) in [5.41, 5.74) is 12.2. The van der Waals surface area contributed by atoms with Crippen LogP contribution in [0, 0.1) is 0 Å². The van der Waals surface area contributed by atoms with Gasteiger partial charge in [-0.05, 0) is 71.9 Å². The number of halogens is 2. The molecule has 5 heteroatoms. The van der Waals surface area contributed by atoms with Crippen LogP contribution in [0.5, 0.6) is 0 Å². The summed E-state index contributed by atoms with van der Waals surface area (Å²) in [5.74, 6) is 0. The van der Waals surface area contributed by atoms with Gasteiger partial charge in [-0.3, -0.25) is 0 Å². The van der Waals surface area contributed by atoms with Crippen LogP contribution >= 0.6 is 35.0 Å². The fraction of sp³-hybridized carbons (Fsp3) is 0.190. The number of aliphatic imine (C=N–C) groups is 1. The maximum absolute atomic E-state index is 6.18. The lowest BCUT2D eigenvalue weighted by Gasteiger charge is -2.30. The van der Waals surface area contributed by atoms with E-state index in [0.717, 1.165) is 40.6 Å². The first-order chi connectivity index (χ1) is 12.6. The van der Waals surface area contributed by atoms with Crippen molar-refractivity contribution in [3.63, 3.8) is 0 Å². The zero-order valence-corrected chi connectivity index (χ0v) is 16.4. The number of nitrogens with zero attached hydrogens (tertiary/aromatic N) is 1. The van der Waals surface area contributed by atoms with Crippen molar-refractivity contribution < 1.29 is 0 Å². The van der Waals surface area contributed by atoms with Gasteiger partial charge in [-0.2, -0.15) is 0 Å². The molecule has 0 radical (unpaired) electrons. The molecule has 0 saturated carbocycles. The van der Waals surface area contributed by atoms with Crippen molar-refractivity contribution in [3.8, 4) is 0 Å². The fourth-order valence-corrected chi connectivity index (χ4v) is 4.75. The van der Waals surface area contributed by atoms with Crippen molar-refractivity contribution in [1.82, 2.24) is 0 Å². The van der Waals surface area contributed by atoms with Crippen LogP contribution in [0.15, 0.2) is 70.4 Å². The Morgan fingerprint density at radius 1 is 0.962 bits per heavy atom. The molecule has 1 atom stereocenters. The molecule has 1 unspecified atom stereocenters. The summed E-state index contributed by atoms with van der Waals surface area (Å²) < 4.78 is 0. The molecule has 4 rings (SSSR count). The monoisotopic (exact) mass is 400 g/mol. The second kappa shape index (κ2) is 7.51. The lowest BCUT2D eigenvalue weighted by molar-refractivity contribution is 0.736. The summed E-state index contributed by atoms with van der Waals surface area (Å²) in [6.45, 7) is 0. The number of allylic oxidation sites excluding steroid dienone is 1. The molecule has 1 aliphatic carbocycles. The highest BCUT2D eigenvalue weighted by atomic mass is 35.5. The van der Waals surface area contributed by atoms with Gasteiger partial charge in [0, 0.05) is 10.0 Å². The number of hydrogen-bond acceptors (Lipinski definition) is 3. The summed E-state index contributed by atoms with van der Waals surface area (Å²) in [4.78, 5) is 4.71. The third kappa shape index (κ3) is 3.71. The van der Waals surface area contributed by atoms with Gasteiger partial charge < -0.3 is 5.73 Å². The van der Waals surface area contributed by atoms with E-state index < -0.39 is 0 Å². The Balaban J connectivity index is 1.76. The highest BCUT2D eigenvalue weighted by Crippen LogP contribution is 2.48. The summed E-state index contributed by atoms with van der Waals surface area (Å²) in [6.07, 6.45) is 5.38. The first-order valence-corrected chi connectivity index (χ1v) is 10.2. The van der Waals surface area contributed by atoms with Gasteiger partial charge in [0.1, 0.15) is 0 Å². The molecule has 1 aliphatic heterocycles. The molecule has 2 aromatic rings. The Labute approximate surface area is 167 Å². The Kier molecular flexibility index (Phi) is 5.12. The normalized spacial score (nSPS) is 21.5. The van der Waals surface area contributed by atoms with E-state index in [2.05, 4.69) is 18.2 Å². The fourth-order valence-electron chi connectivity index (χ4n) is 3.45. The smallest absolute Gasteiger partial charge is 0.160 e. The summed E-state index contributed by atoms with van der Waals surface area (Å²) in [6, 6.07) is 15.9. The van der Waals surface area contributed by atoms with Crippen LogP contribution in [-0.4, -0.2) is 5.17 Å². The van der Waals surface area contributed by atoms with E-state index in [1.165, 1.54) is 16.7 Å². The summed E-state index contributed by atoms with van der Waals surface area (Å²) >= 11 is 13.7. The number of nitrogens with two attached hydrogens (primary N) is 1. The minimum absolute atomic E-state index is 0.202. The minimum Gasteiger partial charge on any atom is -0.378 e. The predicted molar refractivity (Wildman–Crippen MR) is 114 cm³/mol. The van der Waals surface area contributed by atoms with Crippen molar-refractivity contribution in [1.29, 1.82) is 0 Å². The highest BCUT2D eigenvalue weighted by Gasteiger charge is 2.30. The van der Waals surface area contributed by atoms with Crippen LogP contribution in [0.1, 0.15) is 35.6 Å². The standard InChI is InChI=1S/C21H18Cl2N2S/c22-16-8-4-13(5-9-16)12-15-2-1-3-18-19(15)25-21(24)26-20(18)14-6-10-17(23)11-7-14/h4-12,20H,1-3H2,(H2,24,25)/b15-12-. The van der Waals surface area contributed by atoms with Crippen LogP contribution in [-0.2, 0) is 0 Å². The van der Waals surface area contributed by atoms with Gasteiger partial charge in [0.05, 0.1) is 10.9 Å². The lowest BCUT2D eigenvalue weighted by atomic mass is 9.87. The van der Waals surface area contributed by atoms with Crippen LogP contribution in [0.4, 0.5) is 0 Å². The molecule has 0 saturated heterocycles. The summed E-state index contributed by atoms with van der Waals surface area (Å²) in [5, 5.41) is 2.31. The van der Waals surface area contributed by atoms with E-state index in [4.69, 9.17) is 33.9 Å². The number of hydrogen-bond donors (Lipinski definition) is 1.